The number of carbonyl (C=O) groups is 1. The van der Waals surface area contributed by atoms with Crippen LogP contribution in [0.5, 0.6) is 5.75 Å². The molecule has 1 amide bonds. The van der Waals surface area contributed by atoms with Crippen LogP contribution in [0.3, 0.4) is 0 Å². The Bertz CT molecular complexity index is 1550. The normalized spacial score (nSPS) is 19.0. The summed E-state index contributed by atoms with van der Waals surface area (Å²) in [5, 5.41) is 6.43. The number of amides is 1. The van der Waals surface area contributed by atoms with Gasteiger partial charge in [-0.1, -0.05) is 24.3 Å². The van der Waals surface area contributed by atoms with E-state index in [9.17, 15) is 13.2 Å². The Balaban J connectivity index is 1.40. The van der Waals surface area contributed by atoms with Gasteiger partial charge in [-0.3, -0.25) is 4.79 Å². The van der Waals surface area contributed by atoms with E-state index in [2.05, 4.69) is 20.6 Å². The molecule has 14 heteroatoms. The lowest BCUT2D eigenvalue weighted by Crippen LogP contribution is -2.30. The number of nitrogens with two attached hydrogens (primary N) is 1. The number of fused-ring (bicyclic) bond motifs is 13. The van der Waals surface area contributed by atoms with Gasteiger partial charge < -0.3 is 35.3 Å². The monoisotopic (exact) mass is 640 g/mol. The third-order valence-electron chi connectivity index (χ3n) is 7.70. The lowest BCUT2D eigenvalue weighted by molar-refractivity contribution is 0.0346. The van der Waals surface area contributed by atoms with Crippen molar-refractivity contribution in [2.75, 3.05) is 77.4 Å². The van der Waals surface area contributed by atoms with E-state index in [1.807, 2.05) is 12.1 Å². The molecule has 3 aliphatic rings. The van der Waals surface area contributed by atoms with Gasteiger partial charge in [0.25, 0.3) is 5.91 Å². The number of nitrogens with zero attached hydrogens (tertiary/aromatic N) is 3. The second-order valence-electron chi connectivity index (χ2n) is 10.8. The first kappa shape index (κ1) is 32.7. The zero-order valence-electron chi connectivity index (χ0n) is 25.4. The van der Waals surface area contributed by atoms with Crippen molar-refractivity contribution in [2.45, 2.75) is 24.3 Å². The highest BCUT2D eigenvalue weighted by Crippen LogP contribution is 2.31. The van der Waals surface area contributed by atoms with Gasteiger partial charge in [0.15, 0.2) is 11.5 Å². The van der Waals surface area contributed by atoms with Gasteiger partial charge in [0.05, 0.1) is 48.9 Å². The van der Waals surface area contributed by atoms with Crippen molar-refractivity contribution in [3.63, 3.8) is 0 Å². The minimum Gasteiger partial charge on any atom is -0.489 e. The summed E-state index contributed by atoms with van der Waals surface area (Å²) in [6, 6.07) is 11.8. The Morgan fingerprint density at radius 2 is 1.69 bits per heavy atom. The van der Waals surface area contributed by atoms with Crippen molar-refractivity contribution in [2.24, 2.45) is 5.92 Å². The third-order valence-corrected chi connectivity index (χ3v) is 9.58. The number of aromatic nitrogens is 2. The predicted molar refractivity (Wildman–Crippen MR) is 168 cm³/mol. The fourth-order valence-corrected chi connectivity index (χ4v) is 6.21. The molecule has 1 fully saturated rings. The zero-order chi connectivity index (χ0) is 31.6. The Hall–Kier alpha value is -3.66. The van der Waals surface area contributed by atoms with Gasteiger partial charge in [0.1, 0.15) is 12.4 Å². The molecule has 45 heavy (non-hydrogen) atoms. The average Bonchev–Trinajstić information content (AvgIpc) is 3.05. The lowest BCUT2D eigenvalue weighted by Gasteiger charge is -2.23. The molecule has 4 heterocycles. The fraction of sp³-hybridized carbons (Fsp3) is 0.452. The minimum atomic E-state index is -3.74. The number of hydrogen-bond donors (Lipinski definition) is 3. The first-order valence-corrected chi connectivity index (χ1v) is 16.5. The van der Waals surface area contributed by atoms with E-state index in [4.69, 9.17) is 24.7 Å². The van der Waals surface area contributed by atoms with Gasteiger partial charge >= 0.3 is 0 Å². The predicted octanol–water partition coefficient (Wildman–Crippen LogP) is 2.54. The van der Waals surface area contributed by atoms with E-state index in [1.165, 1.54) is 29.7 Å². The molecular formula is C31H40N6O7S. The lowest BCUT2D eigenvalue weighted by atomic mass is 10.0. The summed E-state index contributed by atoms with van der Waals surface area (Å²) in [6.07, 6.45) is 3.49. The molecule has 0 unspecified atom stereocenters. The van der Waals surface area contributed by atoms with Crippen molar-refractivity contribution < 1.29 is 32.2 Å². The molecule has 0 radical (unpaired) electrons. The van der Waals surface area contributed by atoms with Crippen LogP contribution in [0, 0.1) is 5.92 Å². The van der Waals surface area contributed by atoms with Crippen LogP contribution < -0.4 is 21.1 Å². The number of nitrogens with one attached hydrogen (secondary N) is 2. The van der Waals surface area contributed by atoms with Crippen molar-refractivity contribution in [3.05, 3.63) is 59.9 Å². The fourth-order valence-electron chi connectivity index (χ4n) is 5.06. The number of hydrogen-bond acceptors (Lipinski definition) is 11. The molecule has 2 aromatic carbocycles. The SMILES string of the molecule is CN1CCOCCOCCOc2c(CNCC3CCOCC3)cccc2NC(=O)c2nc(cnc2N)-c2ccc(cc2)S1(=O)=O. The molecule has 4 bridgehead atoms. The first-order chi connectivity index (χ1) is 21.8. The van der Waals surface area contributed by atoms with E-state index in [1.54, 1.807) is 18.2 Å². The number of rotatable bonds is 4. The quantitative estimate of drug-likeness (QED) is 0.359. The van der Waals surface area contributed by atoms with Gasteiger partial charge in [0, 0.05) is 44.5 Å². The van der Waals surface area contributed by atoms with Crippen molar-refractivity contribution >= 4 is 27.4 Å². The van der Waals surface area contributed by atoms with Crippen molar-refractivity contribution in [1.29, 1.82) is 0 Å². The molecule has 6 rings (SSSR count). The summed E-state index contributed by atoms with van der Waals surface area (Å²) >= 11 is 0. The summed E-state index contributed by atoms with van der Waals surface area (Å²) < 4.78 is 50.2. The molecule has 0 atom stereocenters. The van der Waals surface area contributed by atoms with Crippen LogP contribution in [0.4, 0.5) is 11.5 Å². The highest BCUT2D eigenvalue weighted by atomic mass is 32.2. The van der Waals surface area contributed by atoms with Crippen LogP contribution in [0.15, 0.2) is 53.6 Å². The largest absolute Gasteiger partial charge is 0.489 e. The molecular weight excluding hydrogens is 600 g/mol. The van der Waals surface area contributed by atoms with E-state index in [0.717, 1.165) is 38.2 Å². The maximum absolute atomic E-state index is 13.5. The van der Waals surface area contributed by atoms with E-state index < -0.39 is 15.9 Å². The Kier molecular flexibility index (Phi) is 11.3. The number of likely N-dealkylation sites (N-methyl/N-ethyl adjacent to an activating group) is 1. The molecule has 0 aliphatic carbocycles. The topological polar surface area (TPSA) is 167 Å². The molecule has 13 nitrogen and oxygen atoms in total. The average molecular weight is 641 g/mol. The number of nitrogen functional groups attached to an aromatic ring is 1. The number of ether oxygens (including phenoxy) is 4. The summed E-state index contributed by atoms with van der Waals surface area (Å²) in [5.41, 5.74) is 8.30. The maximum atomic E-state index is 13.5. The van der Waals surface area contributed by atoms with Crippen molar-refractivity contribution in [1.82, 2.24) is 19.6 Å². The van der Waals surface area contributed by atoms with Crippen LogP contribution in [-0.4, -0.2) is 95.0 Å². The van der Waals surface area contributed by atoms with E-state index >= 15 is 0 Å². The molecule has 3 aliphatic heterocycles. The van der Waals surface area contributed by atoms with E-state index in [0.29, 0.717) is 48.4 Å². The zero-order valence-corrected chi connectivity index (χ0v) is 26.2. The minimum absolute atomic E-state index is 0.0427. The third kappa shape index (κ3) is 8.54. The van der Waals surface area contributed by atoms with Gasteiger partial charge in [0.2, 0.25) is 10.0 Å². The van der Waals surface area contributed by atoms with E-state index in [-0.39, 0.29) is 42.8 Å². The maximum Gasteiger partial charge on any atom is 0.278 e. The van der Waals surface area contributed by atoms with Crippen LogP contribution >= 0.6 is 0 Å². The van der Waals surface area contributed by atoms with Gasteiger partial charge in [-0.25, -0.2) is 18.4 Å². The smallest absolute Gasteiger partial charge is 0.278 e. The van der Waals surface area contributed by atoms with Gasteiger partial charge in [-0.2, -0.15) is 4.31 Å². The Morgan fingerprint density at radius 3 is 2.47 bits per heavy atom. The molecule has 0 saturated carbocycles. The molecule has 3 aromatic rings. The van der Waals surface area contributed by atoms with Crippen LogP contribution in [0.2, 0.25) is 0 Å². The highest BCUT2D eigenvalue weighted by Gasteiger charge is 2.22. The summed E-state index contributed by atoms with van der Waals surface area (Å²) in [5.74, 6) is 0.467. The summed E-state index contributed by atoms with van der Waals surface area (Å²) in [4.78, 5) is 22.3. The second-order valence-corrected chi connectivity index (χ2v) is 12.9. The van der Waals surface area contributed by atoms with Crippen LogP contribution in [-0.2, 0) is 30.8 Å². The van der Waals surface area contributed by atoms with Gasteiger partial charge in [-0.05, 0) is 43.5 Å². The van der Waals surface area contributed by atoms with Gasteiger partial charge in [-0.15, -0.1) is 0 Å². The van der Waals surface area contributed by atoms with Crippen LogP contribution in [0.1, 0.15) is 28.9 Å². The summed E-state index contributed by atoms with van der Waals surface area (Å²) in [6.45, 7) is 4.48. The second kappa shape index (κ2) is 15.6. The number of anilines is 2. The molecule has 4 N–H and O–H groups in total. The molecule has 1 aromatic heterocycles. The number of carbonyl (C=O) groups excluding carboxylic acids is 1. The standard InChI is InChI=1S/C31H40N6O7S/c1-37-11-14-42-15-16-43-17-18-44-29-24(20-33-19-22-9-12-41-13-10-22)3-2-4-26(29)36-31(38)28-30(32)34-21-27(35-28)23-5-7-25(8-6-23)45(37,39)40/h2-8,21-22,33H,9-20H2,1H3,(H2,32,34)(H,36,38). The van der Waals surface area contributed by atoms with Crippen LogP contribution in [0.25, 0.3) is 11.3 Å². The molecule has 0 spiro atoms. The number of para-hydroxylation sites is 1. The first-order valence-electron chi connectivity index (χ1n) is 15.0. The Labute approximate surface area is 263 Å². The molecule has 1 saturated heterocycles. The van der Waals surface area contributed by atoms with Crippen molar-refractivity contribution in [3.8, 4) is 17.0 Å². The Morgan fingerprint density at radius 1 is 0.978 bits per heavy atom. The number of sulfonamides is 1. The molecule has 242 valence electrons. The number of benzene rings is 2. The summed E-state index contributed by atoms with van der Waals surface area (Å²) in [7, 11) is -2.23. The highest BCUT2D eigenvalue weighted by molar-refractivity contribution is 7.89.